The summed E-state index contributed by atoms with van der Waals surface area (Å²) in [7, 11) is 0. The molecular weight excluding hydrogens is 202 g/mol. The van der Waals surface area contributed by atoms with Gasteiger partial charge in [-0.15, -0.1) is 0 Å². The van der Waals surface area contributed by atoms with E-state index < -0.39 is 9.77 Å². The summed E-state index contributed by atoms with van der Waals surface area (Å²) in [5.74, 6) is -2.07. The first-order valence-electron chi connectivity index (χ1n) is 2.53. The largest absolute Gasteiger partial charge is 0.340 e. The molecule has 1 rings (SSSR count). The van der Waals surface area contributed by atoms with Crippen molar-refractivity contribution in [3.8, 4) is 0 Å². The first-order valence-corrected chi connectivity index (χ1v) is 3.66. The van der Waals surface area contributed by atoms with Crippen molar-refractivity contribution in [3.63, 3.8) is 0 Å². The summed E-state index contributed by atoms with van der Waals surface area (Å²) in [6.07, 6.45) is 0. The van der Waals surface area contributed by atoms with Crippen LogP contribution in [0.1, 0.15) is 0 Å². The molecule has 1 heterocycles. The van der Waals surface area contributed by atoms with E-state index in [1.54, 1.807) is 0 Å². The number of alkyl halides is 3. The van der Waals surface area contributed by atoms with E-state index in [0.717, 1.165) is 0 Å². The van der Waals surface area contributed by atoms with Crippen molar-refractivity contribution in [1.29, 1.82) is 0 Å². The molecule has 0 unspecified atom stereocenters. The van der Waals surface area contributed by atoms with E-state index in [4.69, 9.17) is 34.8 Å². The quantitative estimate of drug-likeness (QED) is 0.604. The molecule has 1 N–H and O–H groups in total. The number of aliphatic hydroxyl groups is 1. The van der Waals surface area contributed by atoms with Gasteiger partial charge in [0.25, 0.3) is 3.79 Å². The van der Waals surface area contributed by atoms with Gasteiger partial charge in [0, 0.05) is 0 Å². The predicted molar refractivity (Wildman–Crippen MR) is 37.1 cm³/mol. The highest BCUT2D eigenvalue weighted by atomic mass is 35.6. The third-order valence-corrected chi connectivity index (χ3v) is 1.75. The number of hydrogen-bond donors (Lipinski definition) is 1. The zero-order chi connectivity index (χ0) is 7.83. The summed E-state index contributed by atoms with van der Waals surface area (Å²) in [5.41, 5.74) is 0. The molecular formula is C4H5Cl3O3. The van der Waals surface area contributed by atoms with Crippen LogP contribution in [0.4, 0.5) is 0 Å². The molecule has 1 aliphatic rings. The lowest BCUT2D eigenvalue weighted by Crippen LogP contribution is -2.43. The van der Waals surface area contributed by atoms with Crippen molar-refractivity contribution in [3.05, 3.63) is 0 Å². The first kappa shape index (κ1) is 8.84. The summed E-state index contributed by atoms with van der Waals surface area (Å²) in [5, 5.41) is 9.19. The highest BCUT2D eigenvalue weighted by Gasteiger charge is 2.53. The Kier molecular flexibility index (Phi) is 2.35. The molecule has 0 saturated carbocycles. The molecule has 0 aliphatic carbocycles. The van der Waals surface area contributed by atoms with Gasteiger partial charge in [-0.3, -0.25) is 0 Å². The van der Waals surface area contributed by atoms with Gasteiger partial charge in [-0.1, -0.05) is 34.8 Å². The van der Waals surface area contributed by atoms with Crippen molar-refractivity contribution in [2.75, 3.05) is 13.2 Å². The molecule has 60 valence electrons. The molecule has 0 bridgehead atoms. The van der Waals surface area contributed by atoms with E-state index in [2.05, 4.69) is 9.47 Å². The monoisotopic (exact) mass is 206 g/mol. The first-order chi connectivity index (χ1) is 4.46. The number of rotatable bonds is 0. The molecule has 10 heavy (non-hydrogen) atoms. The molecule has 1 aliphatic heterocycles. The number of ether oxygens (including phenoxy) is 2. The van der Waals surface area contributed by atoms with Crippen LogP contribution < -0.4 is 0 Å². The molecule has 0 aromatic rings. The maximum atomic E-state index is 9.19. The Labute approximate surface area is 72.8 Å². The van der Waals surface area contributed by atoms with Gasteiger partial charge in [-0.2, -0.15) is 0 Å². The van der Waals surface area contributed by atoms with E-state index >= 15 is 0 Å². The Morgan fingerprint density at radius 2 is 1.60 bits per heavy atom. The van der Waals surface area contributed by atoms with Crippen LogP contribution in [0, 0.1) is 0 Å². The predicted octanol–water partition coefficient (Wildman–Crippen LogP) is 1.05. The highest BCUT2D eigenvalue weighted by molar-refractivity contribution is 6.68. The van der Waals surface area contributed by atoms with Crippen molar-refractivity contribution in [2.45, 2.75) is 9.77 Å². The minimum absolute atomic E-state index is 0.227. The molecule has 0 aromatic carbocycles. The summed E-state index contributed by atoms with van der Waals surface area (Å²) in [4.78, 5) is 0. The second kappa shape index (κ2) is 2.66. The smallest absolute Gasteiger partial charge is 0.330 e. The van der Waals surface area contributed by atoms with Gasteiger partial charge >= 0.3 is 5.97 Å². The van der Waals surface area contributed by atoms with E-state index in [9.17, 15) is 5.11 Å². The van der Waals surface area contributed by atoms with Gasteiger partial charge in [0.15, 0.2) is 0 Å². The minimum Gasteiger partial charge on any atom is -0.340 e. The molecule has 0 radical (unpaired) electrons. The highest BCUT2D eigenvalue weighted by Crippen LogP contribution is 2.41. The fourth-order valence-electron chi connectivity index (χ4n) is 0.565. The molecule has 6 heteroatoms. The van der Waals surface area contributed by atoms with Crippen LogP contribution in [0.25, 0.3) is 0 Å². The van der Waals surface area contributed by atoms with Crippen LogP contribution in [-0.2, 0) is 9.47 Å². The lowest BCUT2D eigenvalue weighted by atomic mass is 10.6. The van der Waals surface area contributed by atoms with E-state index in [0.29, 0.717) is 0 Å². The Morgan fingerprint density at radius 1 is 1.20 bits per heavy atom. The van der Waals surface area contributed by atoms with Crippen molar-refractivity contribution < 1.29 is 14.6 Å². The van der Waals surface area contributed by atoms with Gasteiger partial charge in [-0.25, -0.2) is 0 Å². The lowest BCUT2D eigenvalue weighted by Gasteiger charge is -2.26. The van der Waals surface area contributed by atoms with Crippen LogP contribution >= 0.6 is 34.8 Å². The Morgan fingerprint density at radius 3 is 1.80 bits per heavy atom. The standard InChI is InChI=1S/C4H5Cl3O3/c5-3(6,7)4(8)9-1-2-10-4/h8H,1-2H2. The molecule has 0 aromatic heterocycles. The molecule has 1 saturated heterocycles. The summed E-state index contributed by atoms with van der Waals surface area (Å²) < 4.78 is 7.33. The fraction of sp³-hybridized carbons (Fsp3) is 1.00. The zero-order valence-electron chi connectivity index (χ0n) is 4.81. The summed E-state index contributed by atoms with van der Waals surface area (Å²) >= 11 is 15.9. The topological polar surface area (TPSA) is 38.7 Å². The maximum Gasteiger partial charge on any atom is 0.330 e. The van der Waals surface area contributed by atoms with E-state index in [1.165, 1.54) is 0 Å². The summed E-state index contributed by atoms with van der Waals surface area (Å²) in [6.45, 7) is 0.453. The van der Waals surface area contributed by atoms with Crippen LogP contribution in [0.5, 0.6) is 0 Å². The summed E-state index contributed by atoms with van der Waals surface area (Å²) in [6, 6.07) is 0. The van der Waals surface area contributed by atoms with Gasteiger partial charge in [0.05, 0.1) is 13.2 Å². The average Bonchev–Trinajstić information content (AvgIpc) is 2.13. The van der Waals surface area contributed by atoms with E-state index in [1.807, 2.05) is 0 Å². The minimum atomic E-state index is -2.07. The van der Waals surface area contributed by atoms with E-state index in [-0.39, 0.29) is 13.2 Å². The van der Waals surface area contributed by atoms with Crippen LogP contribution in [0.15, 0.2) is 0 Å². The van der Waals surface area contributed by atoms with Crippen LogP contribution in [0.2, 0.25) is 0 Å². The van der Waals surface area contributed by atoms with Crippen LogP contribution in [0.3, 0.4) is 0 Å². The number of halogens is 3. The second-order valence-corrected chi connectivity index (χ2v) is 4.06. The Bertz CT molecular complexity index is 126. The van der Waals surface area contributed by atoms with Gasteiger partial charge in [-0.05, 0) is 0 Å². The normalized spacial score (nSPS) is 25.2. The van der Waals surface area contributed by atoms with Crippen molar-refractivity contribution in [1.82, 2.24) is 0 Å². The Balaban J connectivity index is 2.67. The third kappa shape index (κ3) is 1.49. The second-order valence-electron chi connectivity index (χ2n) is 1.78. The maximum absolute atomic E-state index is 9.19. The molecule has 1 fully saturated rings. The average molecular weight is 207 g/mol. The molecule has 0 spiro atoms. The van der Waals surface area contributed by atoms with Gasteiger partial charge < -0.3 is 14.6 Å². The Hall–Kier alpha value is 0.750. The SMILES string of the molecule is OC1(C(Cl)(Cl)Cl)OCCO1. The molecule has 0 atom stereocenters. The zero-order valence-corrected chi connectivity index (χ0v) is 7.08. The van der Waals surface area contributed by atoms with Gasteiger partial charge in [0.1, 0.15) is 0 Å². The number of hydrogen-bond acceptors (Lipinski definition) is 3. The molecule has 3 nitrogen and oxygen atoms in total. The van der Waals surface area contributed by atoms with Crippen molar-refractivity contribution in [2.24, 2.45) is 0 Å². The van der Waals surface area contributed by atoms with Crippen LogP contribution in [-0.4, -0.2) is 28.1 Å². The molecule has 0 amide bonds. The van der Waals surface area contributed by atoms with Gasteiger partial charge in [0.2, 0.25) is 0 Å². The third-order valence-electron chi connectivity index (χ3n) is 1.04. The fourth-order valence-corrected chi connectivity index (χ4v) is 0.893. The lowest BCUT2D eigenvalue weighted by molar-refractivity contribution is -0.301. The van der Waals surface area contributed by atoms with Crippen molar-refractivity contribution >= 4 is 34.8 Å².